The average Bonchev–Trinajstić information content (AvgIpc) is 3.09. The van der Waals surface area contributed by atoms with Crippen LogP contribution in [0.3, 0.4) is 0 Å². The van der Waals surface area contributed by atoms with E-state index in [1.807, 2.05) is 0 Å². The molecule has 0 unspecified atom stereocenters. The molecule has 0 aromatic carbocycles. The fourth-order valence-electron chi connectivity index (χ4n) is 1.86. The molecule has 0 saturated heterocycles. The number of aromatic amines is 1. The van der Waals surface area contributed by atoms with Gasteiger partial charge in [-0.15, -0.1) is 0 Å². The fraction of sp³-hybridized carbons (Fsp3) is 0.600. The molecule has 0 bridgehead atoms. The summed E-state index contributed by atoms with van der Waals surface area (Å²) in [5, 5.41) is 17.7. The van der Waals surface area contributed by atoms with Gasteiger partial charge < -0.3 is 10.9 Å². The molecule has 8 nitrogen and oxygen atoms in total. The second-order valence-corrected chi connectivity index (χ2v) is 6.41. The third kappa shape index (κ3) is 2.87. The highest BCUT2D eigenvalue weighted by Crippen LogP contribution is 2.32. The minimum absolute atomic E-state index is 0.00536. The molecule has 9 heteroatoms. The molecule has 0 aliphatic heterocycles. The Morgan fingerprint density at radius 2 is 2.37 bits per heavy atom. The van der Waals surface area contributed by atoms with Gasteiger partial charge in [-0.1, -0.05) is 5.16 Å². The van der Waals surface area contributed by atoms with Gasteiger partial charge in [0, 0.05) is 19.0 Å². The Bertz CT molecular complexity index is 576. The van der Waals surface area contributed by atoms with Gasteiger partial charge in [-0.3, -0.25) is 5.10 Å². The van der Waals surface area contributed by atoms with E-state index in [-0.39, 0.29) is 29.7 Å². The molecule has 106 valence electrons. The maximum Gasteiger partial charge on any atom is 0.246 e. The zero-order valence-electron chi connectivity index (χ0n) is 10.6. The fourth-order valence-corrected chi connectivity index (χ4v) is 3.67. The lowest BCUT2D eigenvalue weighted by atomic mass is 10.4. The van der Waals surface area contributed by atoms with Gasteiger partial charge in [-0.05, 0) is 19.8 Å². The van der Waals surface area contributed by atoms with Gasteiger partial charge in [0.2, 0.25) is 10.0 Å². The Balaban J connectivity index is 2.22. The molecule has 1 heterocycles. The van der Waals surface area contributed by atoms with Gasteiger partial charge in [0.25, 0.3) is 0 Å². The molecule has 1 fully saturated rings. The van der Waals surface area contributed by atoms with Gasteiger partial charge in [0.15, 0.2) is 0 Å². The third-order valence-corrected chi connectivity index (χ3v) is 5.11. The van der Waals surface area contributed by atoms with Crippen molar-refractivity contribution < 1.29 is 13.6 Å². The summed E-state index contributed by atoms with van der Waals surface area (Å²) in [4.78, 5) is 0.180. The lowest BCUT2D eigenvalue weighted by Crippen LogP contribution is -2.36. The number of nitrogens with one attached hydrogen (secondary N) is 1. The third-order valence-electron chi connectivity index (χ3n) is 3.04. The Kier molecular flexibility index (Phi) is 3.76. The highest BCUT2D eigenvalue weighted by atomic mass is 32.2. The van der Waals surface area contributed by atoms with Crippen molar-refractivity contribution in [3.63, 3.8) is 0 Å². The second-order valence-electron chi connectivity index (χ2n) is 4.55. The first-order valence-electron chi connectivity index (χ1n) is 5.95. The predicted octanol–water partition coefficient (Wildman–Crippen LogP) is 0.00772. The van der Waals surface area contributed by atoms with Crippen molar-refractivity contribution in [2.24, 2.45) is 10.9 Å². The number of amidine groups is 1. The van der Waals surface area contributed by atoms with Crippen molar-refractivity contribution in [1.82, 2.24) is 14.5 Å². The molecule has 1 aliphatic rings. The number of aromatic nitrogens is 2. The van der Waals surface area contributed by atoms with Crippen LogP contribution in [0.25, 0.3) is 0 Å². The van der Waals surface area contributed by atoms with Crippen LogP contribution in [0.1, 0.15) is 25.0 Å². The highest BCUT2D eigenvalue weighted by molar-refractivity contribution is 7.89. The number of H-pyrrole nitrogens is 1. The minimum atomic E-state index is -3.58. The summed E-state index contributed by atoms with van der Waals surface area (Å²) >= 11 is 0. The van der Waals surface area contributed by atoms with Crippen molar-refractivity contribution in [2.75, 3.05) is 6.54 Å². The minimum Gasteiger partial charge on any atom is -0.409 e. The van der Waals surface area contributed by atoms with E-state index >= 15 is 0 Å². The number of hydrogen-bond donors (Lipinski definition) is 3. The first-order valence-corrected chi connectivity index (χ1v) is 7.39. The molecule has 1 aromatic heterocycles. The van der Waals surface area contributed by atoms with Crippen molar-refractivity contribution in [3.8, 4) is 0 Å². The quantitative estimate of drug-likeness (QED) is 0.294. The standard InChI is InChI=1S/C10H17N5O3S/c1-7-9(6-12-13-7)19(17,18)15(8-2-3-8)5-4-10(11)14-16/h6,8,16H,2-5H2,1H3,(H2,11,14)(H,12,13). The predicted molar refractivity (Wildman–Crippen MR) is 68.3 cm³/mol. The van der Waals surface area contributed by atoms with Crippen LogP contribution in [0.4, 0.5) is 0 Å². The largest absolute Gasteiger partial charge is 0.409 e. The van der Waals surface area contributed by atoms with E-state index in [9.17, 15) is 8.42 Å². The van der Waals surface area contributed by atoms with Crippen LogP contribution in [0, 0.1) is 6.92 Å². The van der Waals surface area contributed by atoms with Crippen LogP contribution in [0.2, 0.25) is 0 Å². The number of aryl methyl sites for hydroxylation is 1. The van der Waals surface area contributed by atoms with Crippen molar-refractivity contribution in [3.05, 3.63) is 11.9 Å². The van der Waals surface area contributed by atoms with Crippen LogP contribution in [-0.2, 0) is 10.0 Å². The first-order chi connectivity index (χ1) is 8.96. The van der Waals surface area contributed by atoms with E-state index in [1.54, 1.807) is 6.92 Å². The van der Waals surface area contributed by atoms with Crippen molar-refractivity contribution in [1.29, 1.82) is 0 Å². The zero-order valence-corrected chi connectivity index (χ0v) is 11.4. The average molecular weight is 287 g/mol. The topological polar surface area (TPSA) is 125 Å². The van der Waals surface area contributed by atoms with E-state index in [0.29, 0.717) is 5.69 Å². The number of oxime groups is 1. The summed E-state index contributed by atoms with van der Waals surface area (Å²) in [6.07, 6.45) is 3.19. The highest BCUT2D eigenvalue weighted by Gasteiger charge is 2.38. The molecule has 4 N–H and O–H groups in total. The summed E-state index contributed by atoms with van der Waals surface area (Å²) in [5.41, 5.74) is 5.90. The lowest BCUT2D eigenvalue weighted by Gasteiger charge is -2.21. The number of nitrogens with zero attached hydrogens (tertiary/aromatic N) is 3. The SMILES string of the molecule is Cc1[nH]ncc1S(=O)(=O)N(CC/C(N)=N/O)C1CC1. The molecular weight excluding hydrogens is 270 g/mol. The molecule has 2 rings (SSSR count). The van der Waals surface area contributed by atoms with Gasteiger partial charge in [0.05, 0.1) is 11.9 Å². The van der Waals surface area contributed by atoms with E-state index in [1.165, 1.54) is 10.5 Å². The summed E-state index contributed by atoms with van der Waals surface area (Å²) in [6.45, 7) is 1.86. The molecule has 1 aromatic rings. The summed E-state index contributed by atoms with van der Waals surface area (Å²) in [6, 6.07) is 0.00536. The smallest absolute Gasteiger partial charge is 0.246 e. The van der Waals surface area contributed by atoms with Crippen LogP contribution in [0.5, 0.6) is 0 Å². The molecule has 0 spiro atoms. The van der Waals surface area contributed by atoms with Crippen LogP contribution in [0.15, 0.2) is 16.2 Å². The van der Waals surface area contributed by atoms with E-state index in [4.69, 9.17) is 10.9 Å². The van der Waals surface area contributed by atoms with Crippen LogP contribution >= 0.6 is 0 Å². The van der Waals surface area contributed by atoms with Gasteiger partial charge in [0.1, 0.15) is 10.7 Å². The Hall–Kier alpha value is -1.61. The molecule has 0 amide bonds. The number of hydrogen-bond acceptors (Lipinski definition) is 5. The molecule has 0 radical (unpaired) electrons. The molecule has 1 saturated carbocycles. The molecule has 0 atom stereocenters. The van der Waals surface area contributed by atoms with Gasteiger partial charge >= 0.3 is 0 Å². The maximum atomic E-state index is 12.5. The van der Waals surface area contributed by atoms with E-state index in [2.05, 4.69) is 15.4 Å². The lowest BCUT2D eigenvalue weighted by molar-refractivity contribution is 0.315. The molecular formula is C10H17N5O3S. The zero-order chi connectivity index (χ0) is 14.0. The van der Waals surface area contributed by atoms with Crippen LogP contribution < -0.4 is 5.73 Å². The van der Waals surface area contributed by atoms with Gasteiger partial charge in [-0.25, -0.2) is 8.42 Å². The summed E-state index contributed by atoms with van der Waals surface area (Å²) in [7, 11) is -3.58. The number of sulfonamides is 1. The summed E-state index contributed by atoms with van der Waals surface area (Å²) < 4.78 is 26.4. The van der Waals surface area contributed by atoms with E-state index in [0.717, 1.165) is 12.8 Å². The Labute approximate surface area is 111 Å². The Morgan fingerprint density at radius 1 is 1.68 bits per heavy atom. The van der Waals surface area contributed by atoms with Crippen molar-refractivity contribution >= 4 is 15.9 Å². The normalized spacial score (nSPS) is 17.1. The number of rotatable bonds is 6. The first kappa shape index (κ1) is 13.8. The van der Waals surface area contributed by atoms with Crippen LogP contribution in [-0.4, -0.2) is 46.5 Å². The number of nitrogens with two attached hydrogens (primary N) is 1. The monoisotopic (exact) mass is 287 g/mol. The van der Waals surface area contributed by atoms with Gasteiger partial charge in [-0.2, -0.15) is 9.40 Å². The van der Waals surface area contributed by atoms with E-state index < -0.39 is 10.0 Å². The molecule has 1 aliphatic carbocycles. The molecule has 19 heavy (non-hydrogen) atoms. The Morgan fingerprint density at radius 3 is 2.84 bits per heavy atom. The summed E-state index contributed by atoms with van der Waals surface area (Å²) in [5.74, 6) is 0.0183. The second kappa shape index (κ2) is 5.17. The van der Waals surface area contributed by atoms with Crippen molar-refractivity contribution in [2.45, 2.75) is 37.1 Å². The maximum absolute atomic E-state index is 12.5.